The number of amides is 1. The van der Waals surface area contributed by atoms with Gasteiger partial charge in [0.05, 0.1) is 6.61 Å². The summed E-state index contributed by atoms with van der Waals surface area (Å²) in [4.78, 5) is 20.7. The Kier molecular flexibility index (Phi) is 4.73. The lowest BCUT2D eigenvalue weighted by Gasteiger charge is -2.44. The number of nitrogens with zero attached hydrogens (tertiary/aromatic N) is 2. The zero-order valence-corrected chi connectivity index (χ0v) is 16.3. The molecule has 1 N–H and O–H groups in total. The summed E-state index contributed by atoms with van der Waals surface area (Å²) in [7, 11) is 0. The van der Waals surface area contributed by atoms with Crippen molar-refractivity contribution in [3.05, 3.63) is 59.9 Å². The Morgan fingerprint density at radius 2 is 2.07 bits per heavy atom. The smallest absolute Gasteiger partial charge is 0.270 e. The molecule has 2 aromatic rings. The number of fused-ring (bicyclic) bond motifs is 1. The Balaban J connectivity index is 1.38. The molecule has 3 unspecified atom stereocenters. The number of piperidine rings is 1. The largest absolute Gasteiger partial charge is 0.381 e. The lowest BCUT2D eigenvalue weighted by molar-refractivity contribution is 0.0597. The highest BCUT2D eigenvalue weighted by Crippen LogP contribution is 2.45. The second-order valence-corrected chi connectivity index (χ2v) is 8.73. The summed E-state index contributed by atoms with van der Waals surface area (Å²) in [6.07, 6.45) is 4.04. The maximum Gasteiger partial charge on any atom is 0.270 e. The van der Waals surface area contributed by atoms with Crippen molar-refractivity contribution in [2.75, 3.05) is 45.9 Å². The average molecular weight is 380 g/mol. The molecule has 28 heavy (non-hydrogen) atoms. The highest BCUT2D eigenvalue weighted by Gasteiger charge is 2.51. The molecule has 3 aliphatic heterocycles. The van der Waals surface area contributed by atoms with Crippen LogP contribution in [0.15, 0.2) is 48.7 Å². The van der Waals surface area contributed by atoms with Gasteiger partial charge in [0.1, 0.15) is 5.69 Å². The fraction of sp³-hybridized carbons (Fsp3) is 0.522. The van der Waals surface area contributed by atoms with Gasteiger partial charge in [-0.05, 0) is 36.5 Å². The monoisotopic (exact) mass is 379 g/mol. The Hall–Kier alpha value is -2.11. The third kappa shape index (κ3) is 3.16. The fourth-order valence-electron chi connectivity index (χ4n) is 5.58. The molecule has 5 nitrogen and oxygen atoms in total. The number of likely N-dealkylation sites (tertiary alicyclic amines) is 2. The Bertz CT molecular complexity index is 801. The van der Waals surface area contributed by atoms with Gasteiger partial charge in [-0.15, -0.1) is 0 Å². The molecule has 1 aromatic carbocycles. The van der Waals surface area contributed by atoms with Crippen LogP contribution in [0.2, 0.25) is 0 Å². The van der Waals surface area contributed by atoms with Crippen molar-refractivity contribution >= 4 is 5.91 Å². The van der Waals surface area contributed by atoms with E-state index < -0.39 is 0 Å². The molecule has 0 spiro atoms. The first-order chi connectivity index (χ1) is 13.7. The predicted molar refractivity (Wildman–Crippen MR) is 108 cm³/mol. The van der Waals surface area contributed by atoms with E-state index in [2.05, 4.69) is 45.1 Å². The van der Waals surface area contributed by atoms with Gasteiger partial charge in [-0.1, -0.05) is 30.3 Å². The third-order valence-electron chi connectivity index (χ3n) is 7.04. The van der Waals surface area contributed by atoms with Crippen LogP contribution in [0.4, 0.5) is 0 Å². The van der Waals surface area contributed by atoms with Crippen LogP contribution in [0.25, 0.3) is 0 Å². The molecular formula is C23H29N3O2. The summed E-state index contributed by atoms with van der Waals surface area (Å²) in [5.74, 6) is 1.27. The van der Waals surface area contributed by atoms with Crippen LogP contribution in [0.5, 0.6) is 0 Å². The van der Waals surface area contributed by atoms with Crippen molar-refractivity contribution in [2.24, 2.45) is 11.8 Å². The van der Waals surface area contributed by atoms with Crippen LogP contribution < -0.4 is 0 Å². The highest BCUT2D eigenvalue weighted by atomic mass is 16.5. The van der Waals surface area contributed by atoms with Crippen molar-refractivity contribution in [1.29, 1.82) is 0 Å². The zero-order chi connectivity index (χ0) is 19.0. The van der Waals surface area contributed by atoms with Crippen LogP contribution >= 0.6 is 0 Å². The van der Waals surface area contributed by atoms with Crippen molar-refractivity contribution in [1.82, 2.24) is 14.8 Å². The van der Waals surface area contributed by atoms with Gasteiger partial charge >= 0.3 is 0 Å². The summed E-state index contributed by atoms with van der Waals surface area (Å²) in [6, 6.07) is 14.8. The first-order valence-electron chi connectivity index (χ1n) is 10.5. The van der Waals surface area contributed by atoms with Crippen LogP contribution in [-0.4, -0.2) is 66.6 Å². The molecule has 1 aromatic heterocycles. The molecule has 0 radical (unpaired) electrons. The van der Waals surface area contributed by atoms with E-state index in [1.165, 1.54) is 12.0 Å². The van der Waals surface area contributed by atoms with E-state index >= 15 is 0 Å². The molecule has 3 fully saturated rings. The van der Waals surface area contributed by atoms with E-state index in [0.29, 0.717) is 17.5 Å². The lowest BCUT2D eigenvalue weighted by Crippen LogP contribution is -2.51. The van der Waals surface area contributed by atoms with Crippen LogP contribution in [-0.2, 0) is 10.2 Å². The molecule has 148 valence electrons. The second-order valence-electron chi connectivity index (χ2n) is 8.73. The minimum absolute atomic E-state index is 0.134. The third-order valence-corrected chi connectivity index (χ3v) is 7.04. The zero-order valence-electron chi connectivity index (χ0n) is 16.3. The first kappa shape index (κ1) is 18.0. The number of hydrogen-bond donors (Lipinski definition) is 1. The molecule has 3 atom stereocenters. The van der Waals surface area contributed by atoms with Gasteiger partial charge < -0.3 is 19.5 Å². The van der Waals surface area contributed by atoms with Gasteiger partial charge in [-0.3, -0.25) is 4.79 Å². The second kappa shape index (κ2) is 7.37. The Morgan fingerprint density at radius 1 is 1.18 bits per heavy atom. The summed E-state index contributed by atoms with van der Waals surface area (Å²) in [6.45, 7) is 6.76. The average Bonchev–Trinajstić information content (AvgIpc) is 3.49. The SMILES string of the molecule is O=C(c1ccc[nH]1)N1CCC2(c3ccccc3)CN(CC3CCOC3)CC2C1. The van der Waals surface area contributed by atoms with Crippen LogP contribution in [0.1, 0.15) is 28.9 Å². The molecule has 3 saturated heterocycles. The topological polar surface area (TPSA) is 48.6 Å². The minimum atomic E-state index is 0.134. The highest BCUT2D eigenvalue weighted by molar-refractivity contribution is 5.92. The summed E-state index contributed by atoms with van der Waals surface area (Å²) >= 11 is 0. The van der Waals surface area contributed by atoms with E-state index in [-0.39, 0.29) is 11.3 Å². The van der Waals surface area contributed by atoms with Crippen molar-refractivity contribution < 1.29 is 9.53 Å². The van der Waals surface area contributed by atoms with Crippen LogP contribution in [0, 0.1) is 11.8 Å². The maximum atomic E-state index is 12.9. The van der Waals surface area contributed by atoms with Crippen LogP contribution in [0.3, 0.4) is 0 Å². The molecule has 5 heteroatoms. The number of benzene rings is 1. The summed E-state index contributed by atoms with van der Waals surface area (Å²) in [5.41, 5.74) is 2.30. The number of aromatic amines is 1. The van der Waals surface area contributed by atoms with Gasteiger partial charge in [0.15, 0.2) is 0 Å². The molecule has 4 heterocycles. The molecule has 0 bridgehead atoms. The normalized spacial score (nSPS) is 30.5. The number of carbonyl (C=O) groups excluding carboxylic acids is 1. The van der Waals surface area contributed by atoms with Gasteiger partial charge in [0, 0.05) is 56.9 Å². The number of hydrogen-bond acceptors (Lipinski definition) is 3. The molecule has 0 saturated carbocycles. The van der Waals surface area contributed by atoms with E-state index in [1.54, 1.807) is 0 Å². The number of rotatable bonds is 4. The number of carbonyl (C=O) groups is 1. The van der Waals surface area contributed by atoms with Crippen molar-refractivity contribution in [2.45, 2.75) is 18.3 Å². The van der Waals surface area contributed by atoms with E-state index in [1.807, 2.05) is 18.3 Å². The Labute approximate surface area is 166 Å². The first-order valence-corrected chi connectivity index (χ1v) is 10.5. The number of aromatic nitrogens is 1. The van der Waals surface area contributed by atoms with E-state index in [9.17, 15) is 4.79 Å². The van der Waals surface area contributed by atoms with Gasteiger partial charge in [0.2, 0.25) is 0 Å². The van der Waals surface area contributed by atoms with Crippen molar-refractivity contribution in [3.63, 3.8) is 0 Å². The van der Waals surface area contributed by atoms with E-state index in [0.717, 1.165) is 52.4 Å². The Morgan fingerprint density at radius 3 is 2.82 bits per heavy atom. The lowest BCUT2D eigenvalue weighted by atomic mass is 9.68. The fourth-order valence-corrected chi connectivity index (χ4v) is 5.58. The maximum absolute atomic E-state index is 12.9. The quantitative estimate of drug-likeness (QED) is 0.889. The number of ether oxygens (including phenoxy) is 1. The van der Waals surface area contributed by atoms with Gasteiger partial charge in [0.25, 0.3) is 5.91 Å². The number of nitrogens with one attached hydrogen (secondary N) is 1. The summed E-state index contributed by atoms with van der Waals surface area (Å²) < 4.78 is 5.60. The molecule has 5 rings (SSSR count). The molecule has 1 amide bonds. The van der Waals surface area contributed by atoms with Gasteiger partial charge in [-0.25, -0.2) is 0 Å². The minimum Gasteiger partial charge on any atom is -0.381 e. The van der Waals surface area contributed by atoms with Crippen molar-refractivity contribution in [3.8, 4) is 0 Å². The molecule has 3 aliphatic rings. The molecular weight excluding hydrogens is 350 g/mol. The standard InChI is InChI=1S/C23H29N3O2/c27-22(21-7-4-10-24-21)26-11-9-23(19-5-2-1-3-6-19)17-25(14-20(23)15-26)13-18-8-12-28-16-18/h1-7,10,18,20,24H,8-9,11-17H2. The predicted octanol–water partition coefficient (Wildman–Crippen LogP) is 2.77. The molecule has 0 aliphatic carbocycles. The summed E-state index contributed by atoms with van der Waals surface area (Å²) in [5, 5.41) is 0. The van der Waals surface area contributed by atoms with E-state index in [4.69, 9.17) is 4.74 Å². The van der Waals surface area contributed by atoms with Gasteiger partial charge in [-0.2, -0.15) is 0 Å². The number of H-pyrrole nitrogens is 1.